The molecule has 0 spiro atoms. The minimum atomic E-state index is -0.314. The van der Waals surface area contributed by atoms with E-state index in [4.69, 9.17) is 4.74 Å². The first kappa shape index (κ1) is 20.7. The first-order valence-corrected chi connectivity index (χ1v) is 10.7. The van der Waals surface area contributed by atoms with Crippen LogP contribution in [-0.4, -0.2) is 46.4 Å². The number of rotatable bonds is 5. The first-order chi connectivity index (χ1) is 14.5. The lowest BCUT2D eigenvalue weighted by molar-refractivity contribution is -0.139. The third-order valence-electron chi connectivity index (χ3n) is 6.36. The third kappa shape index (κ3) is 4.46. The predicted molar refractivity (Wildman–Crippen MR) is 111 cm³/mol. The van der Waals surface area contributed by atoms with Crippen molar-refractivity contribution in [1.82, 2.24) is 14.7 Å². The summed E-state index contributed by atoms with van der Waals surface area (Å²) in [6.45, 7) is 1.10. The Morgan fingerprint density at radius 3 is 2.70 bits per heavy atom. The van der Waals surface area contributed by atoms with Crippen LogP contribution in [0.1, 0.15) is 38.5 Å². The number of ether oxygens (including phenoxy) is 1. The van der Waals surface area contributed by atoms with Gasteiger partial charge in [-0.25, -0.2) is 9.07 Å². The van der Waals surface area contributed by atoms with Gasteiger partial charge in [0.15, 0.2) is 0 Å². The van der Waals surface area contributed by atoms with Crippen LogP contribution in [-0.2, 0) is 16.1 Å². The fraction of sp³-hybridized carbons (Fsp3) is 0.522. The third-order valence-corrected chi connectivity index (χ3v) is 6.36. The van der Waals surface area contributed by atoms with Crippen molar-refractivity contribution < 1.29 is 13.9 Å². The molecule has 160 valence electrons. The number of carbonyl (C=O) groups excluding carboxylic acids is 1. The Hall–Kier alpha value is -2.54. The number of methoxy groups -OCH3 is 1. The van der Waals surface area contributed by atoms with Gasteiger partial charge in [-0.05, 0) is 62.4 Å². The number of carbonyl (C=O) groups is 1. The summed E-state index contributed by atoms with van der Waals surface area (Å²) in [5.41, 5.74) is 1.16. The second-order valence-corrected chi connectivity index (χ2v) is 8.29. The molecule has 0 N–H and O–H groups in total. The quantitative estimate of drug-likeness (QED) is 0.755. The van der Waals surface area contributed by atoms with Crippen molar-refractivity contribution in [2.24, 2.45) is 5.92 Å². The summed E-state index contributed by atoms with van der Waals surface area (Å²) in [6.07, 6.45) is 5.65. The van der Waals surface area contributed by atoms with Crippen molar-refractivity contribution in [3.05, 3.63) is 52.6 Å². The van der Waals surface area contributed by atoms with Gasteiger partial charge in [-0.2, -0.15) is 5.10 Å². The van der Waals surface area contributed by atoms with Gasteiger partial charge in [-0.15, -0.1) is 0 Å². The van der Waals surface area contributed by atoms with Gasteiger partial charge in [-0.3, -0.25) is 9.59 Å². The molecule has 1 amide bonds. The van der Waals surface area contributed by atoms with E-state index >= 15 is 0 Å². The molecule has 1 aromatic carbocycles. The van der Waals surface area contributed by atoms with Crippen molar-refractivity contribution in [3.63, 3.8) is 0 Å². The minimum absolute atomic E-state index is 0.000435. The van der Waals surface area contributed by atoms with Gasteiger partial charge < -0.3 is 9.64 Å². The maximum Gasteiger partial charge on any atom is 0.266 e. The largest absolute Gasteiger partial charge is 0.381 e. The van der Waals surface area contributed by atoms with E-state index in [0.29, 0.717) is 12.2 Å². The standard InChI is InChI=1S/C23H28FN3O3/c1-30-20-6-2-4-17(14-20)23(29)26-13-3-5-19(26)15-27-22(28)12-11-21(25-27)16-7-9-18(24)10-8-16/h7-12,17,19-20H,2-6,13-15H2,1H3/t17-,19+,20+/m1/s1. The molecule has 4 rings (SSSR count). The molecule has 2 fully saturated rings. The Morgan fingerprint density at radius 2 is 1.93 bits per heavy atom. The van der Waals surface area contributed by atoms with Crippen LogP contribution in [0.3, 0.4) is 0 Å². The monoisotopic (exact) mass is 413 g/mol. The molecule has 1 aliphatic heterocycles. The van der Waals surface area contributed by atoms with Crippen LogP contribution >= 0.6 is 0 Å². The van der Waals surface area contributed by atoms with Crippen molar-refractivity contribution in [2.75, 3.05) is 13.7 Å². The van der Waals surface area contributed by atoms with E-state index in [1.165, 1.54) is 22.9 Å². The van der Waals surface area contributed by atoms with Gasteiger partial charge in [0, 0.05) is 31.2 Å². The zero-order valence-corrected chi connectivity index (χ0v) is 17.3. The molecule has 1 aromatic heterocycles. The van der Waals surface area contributed by atoms with Crippen LogP contribution < -0.4 is 5.56 Å². The molecule has 6 nitrogen and oxygen atoms in total. The summed E-state index contributed by atoms with van der Waals surface area (Å²) in [4.78, 5) is 27.6. The molecule has 1 aliphatic carbocycles. The Labute approximate surface area is 175 Å². The Balaban J connectivity index is 1.50. The van der Waals surface area contributed by atoms with Crippen LogP contribution in [0.25, 0.3) is 11.3 Å². The van der Waals surface area contributed by atoms with Gasteiger partial charge in [0.2, 0.25) is 5.91 Å². The number of hydrogen-bond donors (Lipinski definition) is 0. The summed E-state index contributed by atoms with van der Waals surface area (Å²) in [7, 11) is 1.71. The molecule has 0 unspecified atom stereocenters. The van der Waals surface area contributed by atoms with E-state index in [-0.39, 0.29) is 35.3 Å². The molecule has 7 heteroatoms. The second-order valence-electron chi connectivity index (χ2n) is 8.29. The van der Waals surface area contributed by atoms with Crippen LogP contribution in [0, 0.1) is 11.7 Å². The van der Waals surface area contributed by atoms with Crippen LogP contribution in [0.4, 0.5) is 4.39 Å². The van der Waals surface area contributed by atoms with Crippen LogP contribution in [0.15, 0.2) is 41.2 Å². The Bertz CT molecular complexity index is 943. The summed E-state index contributed by atoms with van der Waals surface area (Å²) in [6, 6.07) is 9.14. The van der Waals surface area contributed by atoms with E-state index in [2.05, 4.69) is 5.10 Å². The molecular formula is C23H28FN3O3. The number of benzene rings is 1. The highest BCUT2D eigenvalue weighted by Gasteiger charge is 2.36. The van der Waals surface area contributed by atoms with Gasteiger partial charge in [-0.1, -0.05) is 6.42 Å². The molecule has 0 radical (unpaired) electrons. The Morgan fingerprint density at radius 1 is 1.13 bits per heavy atom. The van der Waals surface area contributed by atoms with E-state index < -0.39 is 0 Å². The number of hydrogen-bond acceptors (Lipinski definition) is 4. The van der Waals surface area contributed by atoms with Crippen molar-refractivity contribution >= 4 is 5.91 Å². The van der Waals surface area contributed by atoms with E-state index in [0.717, 1.165) is 50.6 Å². The van der Waals surface area contributed by atoms with Crippen molar-refractivity contribution in [3.8, 4) is 11.3 Å². The lowest BCUT2D eigenvalue weighted by Crippen LogP contribution is -2.44. The molecular weight excluding hydrogens is 385 g/mol. The summed E-state index contributed by atoms with van der Waals surface area (Å²) < 4.78 is 20.1. The number of halogens is 1. The number of likely N-dealkylation sites (tertiary alicyclic amines) is 1. The topological polar surface area (TPSA) is 64.4 Å². The van der Waals surface area contributed by atoms with Crippen molar-refractivity contribution in [2.45, 2.75) is 57.2 Å². The number of nitrogens with zero attached hydrogens (tertiary/aromatic N) is 3. The second kappa shape index (κ2) is 9.08. The van der Waals surface area contributed by atoms with E-state index in [1.54, 1.807) is 25.3 Å². The minimum Gasteiger partial charge on any atom is -0.381 e. The van der Waals surface area contributed by atoms with Gasteiger partial charge in [0.1, 0.15) is 5.82 Å². The molecule has 0 bridgehead atoms. The maximum absolute atomic E-state index is 13.2. The van der Waals surface area contributed by atoms with Crippen LogP contribution in [0.5, 0.6) is 0 Å². The zero-order valence-electron chi connectivity index (χ0n) is 17.3. The maximum atomic E-state index is 13.2. The first-order valence-electron chi connectivity index (χ1n) is 10.7. The SMILES string of the molecule is CO[C@H]1CCC[C@@H](C(=O)N2CCC[C@H]2Cn2nc(-c3ccc(F)cc3)ccc2=O)C1. The average Bonchev–Trinajstić information content (AvgIpc) is 3.23. The molecule has 2 aromatic rings. The van der Waals surface area contributed by atoms with E-state index in [9.17, 15) is 14.0 Å². The molecule has 30 heavy (non-hydrogen) atoms. The van der Waals surface area contributed by atoms with Crippen LogP contribution in [0.2, 0.25) is 0 Å². The summed E-state index contributed by atoms with van der Waals surface area (Å²) >= 11 is 0. The lowest BCUT2D eigenvalue weighted by Gasteiger charge is -2.33. The van der Waals surface area contributed by atoms with Gasteiger partial charge in [0.05, 0.1) is 24.4 Å². The Kier molecular flexibility index (Phi) is 6.27. The fourth-order valence-corrected chi connectivity index (χ4v) is 4.69. The van der Waals surface area contributed by atoms with Gasteiger partial charge >= 0.3 is 0 Å². The molecule has 1 saturated heterocycles. The summed E-state index contributed by atoms with van der Waals surface area (Å²) in [5, 5.41) is 4.49. The van der Waals surface area contributed by atoms with E-state index in [1.807, 2.05) is 4.90 Å². The molecule has 3 atom stereocenters. The zero-order chi connectivity index (χ0) is 21.1. The highest BCUT2D eigenvalue weighted by Crippen LogP contribution is 2.30. The molecule has 2 heterocycles. The predicted octanol–water partition coefficient (Wildman–Crippen LogP) is 3.25. The molecule has 1 saturated carbocycles. The van der Waals surface area contributed by atoms with Crippen molar-refractivity contribution in [1.29, 1.82) is 0 Å². The fourth-order valence-electron chi connectivity index (χ4n) is 4.69. The smallest absolute Gasteiger partial charge is 0.266 e. The molecule has 2 aliphatic rings. The normalized spacial score (nSPS) is 24.2. The number of aromatic nitrogens is 2. The summed E-state index contributed by atoms with van der Waals surface area (Å²) in [5.74, 6) is -0.132. The number of amides is 1. The highest BCUT2D eigenvalue weighted by molar-refractivity contribution is 5.79. The van der Waals surface area contributed by atoms with Gasteiger partial charge in [0.25, 0.3) is 5.56 Å². The lowest BCUT2D eigenvalue weighted by atomic mass is 9.86. The average molecular weight is 413 g/mol. The highest BCUT2D eigenvalue weighted by atomic mass is 19.1.